The molecule has 1 aromatic carbocycles. The quantitative estimate of drug-likeness (QED) is 0.712. The Morgan fingerprint density at radius 2 is 2.00 bits per heavy atom. The fourth-order valence-corrected chi connectivity index (χ4v) is 3.53. The van der Waals surface area contributed by atoms with E-state index in [2.05, 4.69) is 25.8 Å². The predicted octanol–water partition coefficient (Wildman–Crippen LogP) is 3.79. The normalized spacial score (nSPS) is 14.4. The Kier molecular flexibility index (Phi) is 6.38. The van der Waals surface area contributed by atoms with Crippen molar-refractivity contribution >= 4 is 39.3 Å². The molecule has 0 spiro atoms. The minimum absolute atomic E-state index is 0.181. The van der Waals surface area contributed by atoms with Gasteiger partial charge in [-0.3, -0.25) is 4.79 Å². The minimum atomic E-state index is 0.181. The molecular weight excluding hydrogens is 418 g/mol. The first-order valence-electron chi connectivity index (χ1n) is 8.53. The average Bonchev–Trinajstić information content (AvgIpc) is 2.67. The molecule has 7 heteroatoms. The zero-order chi connectivity index (χ0) is 18.5. The molecule has 2 aromatic rings. The summed E-state index contributed by atoms with van der Waals surface area (Å²) in [4.78, 5) is 21.1. The standard InChI is InChI=1S/C19H21BrClN3O2/c1-26-17-5-2-14(12-16(17)21)3-7-19(25)24-10-8-23(9-11-24)18-6-4-15(20)13-22-18/h2,4-6,12-13H,3,7-11H2,1H3. The Bertz CT molecular complexity index is 762. The Labute approximate surface area is 167 Å². The van der Waals surface area contributed by atoms with Gasteiger partial charge in [0.15, 0.2) is 0 Å². The third-order valence-corrected chi connectivity index (χ3v) is 5.28. The summed E-state index contributed by atoms with van der Waals surface area (Å²) in [5.74, 6) is 1.79. The van der Waals surface area contributed by atoms with Crippen LogP contribution in [-0.2, 0) is 11.2 Å². The molecule has 5 nitrogen and oxygen atoms in total. The molecule has 0 N–H and O–H groups in total. The van der Waals surface area contributed by atoms with Gasteiger partial charge in [0.1, 0.15) is 11.6 Å². The summed E-state index contributed by atoms with van der Waals surface area (Å²) in [5, 5.41) is 0.577. The van der Waals surface area contributed by atoms with Crippen molar-refractivity contribution in [3.8, 4) is 5.75 Å². The van der Waals surface area contributed by atoms with E-state index in [0.29, 0.717) is 23.6 Å². The van der Waals surface area contributed by atoms with Crippen LogP contribution in [0.3, 0.4) is 0 Å². The number of aromatic nitrogens is 1. The lowest BCUT2D eigenvalue weighted by Gasteiger charge is -2.35. The number of piperazine rings is 1. The van der Waals surface area contributed by atoms with Crippen molar-refractivity contribution in [2.75, 3.05) is 38.2 Å². The van der Waals surface area contributed by atoms with Crippen molar-refractivity contribution in [1.82, 2.24) is 9.88 Å². The Morgan fingerprint density at radius 1 is 1.23 bits per heavy atom. The van der Waals surface area contributed by atoms with Gasteiger partial charge < -0.3 is 14.5 Å². The second-order valence-electron chi connectivity index (χ2n) is 6.17. The number of anilines is 1. The van der Waals surface area contributed by atoms with Crippen LogP contribution in [0.15, 0.2) is 41.0 Å². The third-order valence-electron chi connectivity index (χ3n) is 4.51. The summed E-state index contributed by atoms with van der Waals surface area (Å²) in [6.45, 7) is 3.05. The number of carbonyl (C=O) groups excluding carboxylic acids is 1. The average molecular weight is 439 g/mol. The lowest BCUT2D eigenvalue weighted by Crippen LogP contribution is -2.49. The van der Waals surface area contributed by atoms with Crippen molar-refractivity contribution in [1.29, 1.82) is 0 Å². The van der Waals surface area contributed by atoms with Crippen LogP contribution in [-0.4, -0.2) is 49.1 Å². The van der Waals surface area contributed by atoms with Crippen LogP contribution >= 0.6 is 27.5 Å². The summed E-state index contributed by atoms with van der Waals surface area (Å²) in [5.41, 5.74) is 1.04. The summed E-state index contributed by atoms with van der Waals surface area (Å²) in [6, 6.07) is 9.64. The lowest BCUT2D eigenvalue weighted by molar-refractivity contribution is -0.131. The number of methoxy groups -OCH3 is 1. The van der Waals surface area contributed by atoms with Crippen molar-refractivity contribution in [2.24, 2.45) is 0 Å². The molecule has 0 radical (unpaired) electrons. The second-order valence-corrected chi connectivity index (χ2v) is 7.49. The van der Waals surface area contributed by atoms with Crippen LogP contribution in [0.2, 0.25) is 5.02 Å². The first kappa shape index (κ1) is 19.0. The first-order valence-corrected chi connectivity index (χ1v) is 9.70. The third kappa shape index (κ3) is 4.68. The van der Waals surface area contributed by atoms with E-state index in [4.69, 9.17) is 16.3 Å². The van der Waals surface area contributed by atoms with Crippen LogP contribution in [0.4, 0.5) is 5.82 Å². The van der Waals surface area contributed by atoms with Gasteiger partial charge in [0, 0.05) is 43.3 Å². The highest BCUT2D eigenvalue weighted by atomic mass is 79.9. The molecule has 0 saturated carbocycles. The summed E-state index contributed by atoms with van der Waals surface area (Å²) in [7, 11) is 1.59. The fraction of sp³-hybridized carbons (Fsp3) is 0.368. The molecule has 2 heterocycles. The highest BCUT2D eigenvalue weighted by molar-refractivity contribution is 9.10. The molecule has 1 aromatic heterocycles. The molecule has 1 fully saturated rings. The molecule has 3 rings (SSSR count). The summed E-state index contributed by atoms with van der Waals surface area (Å²) < 4.78 is 6.12. The molecule has 1 amide bonds. The predicted molar refractivity (Wildman–Crippen MR) is 107 cm³/mol. The number of halogens is 2. The van der Waals surface area contributed by atoms with Gasteiger partial charge >= 0.3 is 0 Å². The Hall–Kier alpha value is -1.79. The monoisotopic (exact) mass is 437 g/mol. The molecule has 26 heavy (non-hydrogen) atoms. The zero-order valence-corrected chi connectivity index (χ0v) is 17.0. The molecule has 0 aliphatic carbocycles. The molecule has 1 aliphatic rings. The van der Waals surface area contributed by atoms with Crippen molar-refractivity contribution in [3.63, 3.8) is 0 Å². The van der Waals surface area contributed by atoms with E-state index in [1.807, 2.05) is 35.2 Å². The number of rotatable bonds is 5. The van der Waals surface area contributed by atoms with Gasteiger partial charge in [-0.1, -0.05) is 17.7 Å². The Morgan fingerprint density at radius 3 is 2.62 bits per heavy atom. The molecule has 138 valence electrons. The number of hydrogen-bond donors (Lipinski definition) is 0. The first-order chi connectivity index (χ1) is 12.6. The van der Waals surface area contributed by atoms with Gasteiger partial charge in [-0.05, 0) is 52.2 Å². The minimum Gasteiger partial charge on any atom is -0.495 e. The molecule has 1 saturated heterocycles. The number of hydrogen-bond acceptors (Lipinski definition) is 4. The molecule has 0 atom stereocenters. The molecule has 0 bridgehead atoms. The maximum atomic E-state index is 12.5. The van der Waals surface area contributed by atoms with Gasteiger partial charge in [-0.25, -0.2) is 4.98 Å². The van der Waals surface area contributed by atoms with Crippen LogP contribution in [0.5, 0.6) is 5.75 Å². The number of amides is 1. The highest BCUT2D eigenvalue weighted by Gasteiger charge is 2.21. The van der Waals surface area contributed by atoms with Gasteiger partial charge in [0.2, 0.25) is 5.91 Å². The van der Waals surface area contributed by atoms with E-state index in [-0.39, 0.29) is 5.91 Å². The van der Waals surface area contributed by atoms with Crippen molar-refractivity contribution in [3.05, 3.63) is 51.6 Å². The van der Waals surface area contributed by atoms with E-state index in [9.17, 15) is 4.79 Å². The highest BCUT2D eigenvalue weighted by Crippen LogP contribution is 2.25. The number of aryl methyl sites for hydroxylation is 1. The van der Waals surface area contributed by atoms with Gasteiger partial charge in [0.05, 0.1) is 12.1 Å². The van der Waals surface area contributed by atoms with E-state index in [1.54, 1.807) is 13.3 Å². The van der Waals surface area contributed by atoms with Crippen LogP contribution in [0.1, 0.15) is 12.0 Å². The van der Waals surface area contributed by atoms with Crippen molar-refractivity contribution < 1.29 is 9.53 Å². The SMILES string of the molecule is COc1ccc(CCC(=O)N2CCN(c3ccc(Br)cn3)CC2)cc1Cl. The van der Waals surface area contributed by atoms with E-state index < -0.39 is 0 Å². The van der Waals surface area contributed by atoms with Crippen LogP contribution < -0.4 is 9.64 Å². The maximum Gasteiger partial charge on any atom is 0.223 e. The van der Waals surface area contributed by atoms with Gasteiger partial charge in [0.25, 0.3) is 0 Å². The van der Waals surface area contributed by atoms with E-state index in [1.165, 1.54) is 0 Å². The number of pyridine rings is 1. The second kappa shape index (κ2) is 8.73. The molecule has 1 aliphatic heterocycles. The zero-order valence-electron chi connectivity index (χ0n) is 14.6. The van der Waals surface area contributed by atoms with E-state index in [0.717, 1.165) is 42.0 Å². The molecule has 0 unspecified atom stereocenters. The smallest absolute Gasteiger partial charge is 0.223 e. The summed E-state index contributed by atoms with van der Waals surface area (Å²) >= 11 is 9.54. The Balaban J connectivity index is 1.49. The van der Waals surface area contributed by atoms with Crippen LogP contribution in [0, 0.1) is 0 Å². The van der Waals surface area contributed by atoms with Gasteiger partial charge in [-0.15, -0.1) is 0 Å². The van der Waals surface area contributed by atoms with E-state index >= 15 is 0 Å². The van der Waals surface area contributed by atoms with Gasteiger partial charge in [-0.2, -0.15) is 0 Å². The maximum absolute atomic E-state index is 12.5. The topological polar surface area (TPSA) is 45.7 Å². The largest absolute Gasteiger partial charge is 0.495 e. The van der Waals surface area contributed by atoms with Crippen molar-refractivity contribution in [2.45, 2.75) is 12.8 Å². The number of nitrogens with zero attached hydrogens (tertiary/aromatic N) is 3. The fourth-order valence-electron chi connectivity index (χ4n) is 3.01. The van der Waals surface area contributed by atoms with Crippen LogP contribution in [0.25, 0.3) is 0 Å². The number of benzene rings is 1. The lowest BCUT2D eigenvalue weighted by atomic mass is 10.1. The number of ether oxygens (including phenoxy) is 1. The molecular formula is C19H21BrClN3O2. The summed E-state index contributed by atoms with van der Waals surface area (Å²) in [6.07, 6.45) is 2.96. The number of carbonyl (C=O) groups is 1.